The van der Waals surface area contributed by atoms with Crippen LogP contribution in [0.25, 0.3) is 10.9 Å². The molecule has 0 radical (unpaired) electrons. The summed E-state index contributed by atoms with van der Waals surface area (Å²) in [7, 11) is 0. The minimum atomic E-state index is -0.0268. The molecule has 27 heavy (non-hydrogen) atoms. The van der Waals surface area contributed by atoms with Crippen molar-refractivity contribution in [1.82, 2.24) is 10.3 Å². The summed E-state index contributed by atoms with van der Waals surface area (Å²) in [5, 5.41) is 4.24. The lowest BCUT2D eigenvalue weighted by Gasteiger charge is -2.10. The zero-order chi connectivity index (χ0) is 18.6. The predicted octanol–water partition coefficient (Wildman–Crippen LogP) is 4.51. The van der Waals surface area contributed by atoms with Gasteiger partial charge in [0.25, 0.3) is 5.91 Å². The Morgan fingerprint density at radius 1 is 1.07 bits per heavy atom. The molecule has 0 saturated carbocycles. The van der Waals surface area contributed by atoms with Crippen LogP contribution < -0.4 is 5.32 Å². The summed E-state index contributed by atoms with van der Waals surface area (Å²) >= 11 is 0. The van der Waals surface area contributed by atoms with Gasteiger partial charge in [0.2, 0.25) is 0 Å². The number of aromatic amines is 1. The first-order valence-electron chi connectivity index (χ1n) is 9.82. The molecule has 0 unspecified atom stereocenters. The second kappa shape index (κ2) is 7.97. The first kappa shape index (κ1) is 17.8. The van der Waals surface area contributed by atoms with Gasteiger partial charge in [0.1, 0.15) is 0 Å². The van der Waals surface area contributed by atoms with Crippen molar-refractivity contribution in [2.24, 2.45) is 0 Å². The van der Waals surface area contributed by atoms with Gasteiger partial charge >= 0.3 is 0 Å². The highest BCUT2D eigenvalue weighted by Crippen LogP contribution is 2.29. The van der Waals surface area contributed by atoms with Crippen molar-refractivity contribution in [2.75, 3.05) is 6.61 Å². The molecule has 0 atom stereocenters. The second-order valence-corrected chi connectivity index (χ2v) is 7.19. The van der Waals surface area contributed by atoms with E-state index in [4.69, 9.17) is 4.74 Å². The quantitative estimate of drug-likeness (QED) is 0.678. The molecule has 1 aliphatic rings. The van der Waals surface area contributed by atoms with Crippen LogP contribution in [0.5, 0.6) is 0 Å². The van der Waals surface area contributed by atoms with E-state index in [1.54, 1.807) is 0 Å². The number of carbonyl (C=O) groups is 1. The van der Waals surface area contributed by atoms with Gasteiger partial charge in [0, 0.05) is 35.3 Å². The standard InChI is InChI=1S/C23H26N2O2/c1-2-27-15-17-9-7-16(8-10-17)14-24-23(26)18-11-12-22-20(13-18)19-5-3-4-6-21(19)25-22/h7-13,25H,2-6,14-15H2,1H3,(H,24,26). The lowest BCUT2D eigenvalue weighted by Crippen LogP contribution is -2.22. The summed E-state index contributed by atoms with van der Waals surface area (Å²) in [6.07, 6.45) is 4.70. The van der Waals surface area contributed by atoms with Crippen molar-refractivity contribution in [2.45, 2.75) is 45.8 Å². The van der Waals surface area contributed by atoms with Crippen molar-refractivity contribution in [1.29, 1.82) is 0 Å². The van der Waals surface area contributed by atoms with Gasteiger partial charge in [-0.3, -0.25) is 4.79 Å². The van der Waals surface area contributed by atoms with Crippen LogP contribution >= 0.6 is 0 Å². The van der Waals surface area contributed by atoms with E-state index in [-0.39, 0.29) is 5.91 Å². The van der Waals surface area contributed by atoms with Crippen LogP contribution in [0.4, 0.5) is 0 Å². The molecule has 0 spiro atoms. The Labute approximate surface area is 159 Å². The molecular formula is C23H26N2O2. The molecule has 0 bridgehead atoms. The Hall–Kier alpha value is -2.59. The number of rotatable bonds is 6. The van der Waals surface area contributed by atoms with Crippen LogP contribution in [0.1, 0.15) is 52.5 Å². The number of amides is 1. The Bertz CT molecular complexity index is 941. The number of H-pyrrole nitrogens is 1. The molecule has 4 heteroatoms. The van der Waals surface area contributed by atoms with E-state index in [2.05, 4.69) is 22.4 Å². The average molecular weight is 362 g/mol. The molecule has 4 rings (SSSR count). The van der Waals surface area contributed by atoms with Gasteiger partial charge < -0.3 is 15.0 Å². The summed E-state index contributed by atoms with van der Waals surface area (Å²) in [5.74, 6) is -0.0268. The normalized spacial score (nSPS) is 13.5. The maximum Gasteiger partial charge on any atom is 0.251 e. The predicted molar refractivity (Wildman–Crippen MR) is 108 cm³/mol. The van der Waals surface area contributed by atoms with Crippen LogP contribution in [-0.4, -0.2) is 17.5 Å². The Balaban J connectivity index is 1.43. The first-order chi connectivity index (χ1) is 13.2. The third-order valence-electron chi connectivity index (χ3n) is 5.31. The number of carbonyl (C=O) groups excluding carboxylic acids is 1. The zero-order valence-corrected chi connectivity index (χ0v) is 15.8. The molecule has 1 heterocycles. The van der Waals surface area contributed by atoms with Gasteiger partial charge in [-0.05, 0) is 67.5 Å². The van der Waals surface area contributed by atoms with E-state index in [0.29, 0.717) is 19.8 Å². The number of hydrogen-bond donors (Lipinski definition) is 2. The number of fused-ring (bicyclic) bond motifs is 3. The minimum Gasteiger partial charge on any atom is -0.377 e. The van der Waals surface area contributed by atoms with E-state index >= 15 is 0 Å². The Morgan fingerprint density at radius 3 is 2.67 bits per heavy atom. The number of ether oxygens (including phenoxy) is 1. The van der Waals surface area contributed by atoms with E-state index in [0.717, 1.165) is 35.0 Å². The molecule has 0 aliphatic heterocycles. The van der Waals surface area contributed by atoms with Gasteiger partial charge in [-0.2, -0.15) is 0 Å². The summed E-state index contributed by atoms with van der Waals surface area (Å²) < 4.78 is 5.41. The summed E-state index contributed by atoms with van der Waals surface area (Å²) in [6.45, 7) is 3.86. The largest absolute Gasteiger partial charge is 0.377 e. The zero-order valence-electron chi connectivity index (χ0n) is 15.8. The maximum atomic E-state index is 12.6. The van der Waals surface area contributed by atoms with Crippen LogP contribution in [0, 0.1) is 0 Å². The van der Waals surface area contributed by atoms with Crippen molar-refractivity contribution >= 4 is 16.8 Å². The molecule has 1 aliphatic carbocycles. The average Bonchev–Trinajstić information content (AvgIpc) is 3.09. The molecule has 0 fully saturated rings. The van der Waals surface area contributed by atoms with Gasteiger partial charge in [0.05, 0.1) is 6.61 Å². The smallest absolute Gasteiger partial charge is 0.251 e. The van der Waals surface area contributed by atoms with Crippen LogP contribution in [0.2, 0.25) is 0 Å². The van der Waals surface area contributed by atoms with E-state index in [1.807, 2.05) is 37.3 Å². The van der Waals surface area contributed by atoms with Crippen LogP contribution in [-0.2, 0) is 30.7 Å². The fourth-order valence-electron chi connectivity index (χ4n) is 3.80. The molecule has 2 N–H and O–H groups in total. The van der Waals surface area contributed by atoms with Gasteiger partial charge in [-0.15, -0.1) is 0 Å². The molecule has 1 aromatic heterocycles. The number of aryl methyl sites for hydroxylation is 2. The molecule has 3 aromatic rings. The molecule has 140 valence electrons. The van der Waals surface area contributed by atoms with Crippen molar-refractivity contribution in [3.8, 4) is 0 Å². The number of hydrogen-bond acceptors (Lipinski definition) is 2. The SMILES string of the molecule is CCOCc1ccc(CNC(=O)c2ccc3[nH]c4c(c3c2)CCCC4)cc1. The van der Waals surface area contributed by atoms with E-state index in [1.165, 1.54) is 29.5 Å². The monoisotopic (exact) mass is 362 g/mol. The number of benzene rings is 2. The fourth-order valence-corrected chi connectivity index (χ4v) is 3.80. The molecule has 1 amide bonds. The fraction of sp³-hybridized carbons (Fsp3) is 0.348. The van der Waals surface area contributed by atoms with Crippen molar-refractivity contribution < 1.29 is 9.53 Å². The molecule has 0 saturated heterocycles. The van der Waals surface area contributed by atoms with Gasteiger partial charge in [0.15, 0.2) is 0 Å². The third-order valence-corrected chi connectivity index (χ3v) is 5.31. The highest BCUT2D eigenvalue weighted by molar-refractivity contribution is 5.99. The summed E-state index contributed by atoms with van der Waals surface area (Å²) in [5.41, 5.74) is 6.85. The van der Waals surface area contributed by atoms with Crippen LogP contribution in [0.3, 0.4) is 0 Å². The number of aromatic nitrogens is 1. The van der Waals surface area contributed by atoms with Gasteiger partial charge in [-0.1, -0.05) is 24.3 Å². The van der Waals surface area contributed by atoms with Crippen molar-refractivity contribution in [3.63, 3.8) is 0 Å². The minimum absolute atomic E-state index is 0.0268. The summed E-state index contributed by atoms with van der Waals surface area (Å²) in [6, 6.07) is 14.2. The second-order valence-electron chi connectivity index (χ2n) is 7.19. The lowest BCUT2D eigenvalue weighted by molar-refractivity contribution is 0.0951. The van der Waals surface area contributed by atoms with E-state index in [9.17, 15) is 4.79 Å². The Morgan fingerprint density at radius 2 is 1.85 bits per heavy atom. The molecular weight excluding hydrogens is 336 g/mol. The number of nitrogens with one attached hydrogen (secondary N) is 2. The summed E-state index contributed by atoms with van der Waals surface area (Å²) in [4.78, 5) is 16.1. The lowest BCUT2D eigenvalue weighted by atomic mass is 9.95. The van der Waals surface area contributed by atoms with E-state index < -0.39 is 0 Å². The maximum absolute atomic E-state index is 12.6. The Kier molecular flexibility index (Phi) is 5.26. The van der Waals surface area contributed by atoms with Gasteiger partial charge in [-0.25, -0.2) is 0 Å². The first-order valence-corrected chi connectivity index (χ1v) is 9.82. The topological polar surface area (TPSA) is 54.1 Å². The molecule has 4 nitrogen and oxygen atoms in total. The van der Waals surface area contributed by atoms with Crippen molar-refractivity contribution in [3.05, 3.63) is 70.4 Å². The highest BCUT2D eigenvalue weighted by Gasteiger charge is 2.16. The van der Waals surface area contributed by atoms with Crippen LogP contribution in [0.15, 0.2) is 42.5 Å². The molecule has 2 aromatic carbocycles. The third kappa shape index (κ3) is 3.91. The highest BCUT2D eigenvalue weighted by atomic mass is 16.5.